The number of benzene rings is 1. The van der Waals surface area contributed by atoms with Gasteiger partial charge in [0, 0.05) is 18.1 Å². The number of rotatable bonds is 3. The third-order valence-electron chi connectivity index (χ3n) is 3.59. The lowest BCUT2D eigenvalue weighted by molar-refractivity contribution is -0.137. The van der Waals surface area contributed by atoms with E-state index in [1.807, 2.05) is 0 Å². The smallest absolute Gasteiger partial charge is 0.416 e. The van der Waals surface area contributed by atoms with Crippen LogP contribution in [0.1, 0.15) is 26.3 Å². The Morgan fingerprint density at radius 1 is 0.844 bits per heavy atom. The van der Waals surface area contributed by atoms with Crippen LogP contribution in [0.2, 0.25) is 20.4 Å². The average molecular weight is 527 g/mol. The van der Waals surface area contributed by atoms with Gasteiger partial charge < -0.3 is 10.4 Å². The maximum absolute atomic E-state index is 12.4. The van der Waals surface area contributed by atoms with E-state index in [1.165, 1.54) is 18.3 Å². The second-order valence-corrected chi connectivity index (χ2v) is 7.40. The fourth-order valence-electron chi connectivity index (χ4n) is 2.08. The normalized spacial score (nSPS) is 10.7. The van der Waals surface area contributed by atoms with Crippen molar-refractivity contribution in [3.63, 3.8) is 0 Å². The van der Waals surface area contributed by atoms with E-state index >= 15 is 0 Å². The molecule has 2 N–H and O–H groups in total. The van der Waals surface area contributed by atoms with Crippen molar-refractivity contribution in [2.24, 2.45) is 0 Å². The molecule has 0 aliphatic carbocycles. The van der Waals surface area contributed by atoms with Crippen molar-refractivity contribution in [2.45, 2.75) is 6.18 Å². The number of nitrogens with one attached hydrogen (secondary N) is 1. The minimum atomic E-state index is -4.42. The molecule has 0 aliphatic heterocycles. The molecule has 1 aromatic carbocycles. The van der Waals surface area contributed by atoms with Gasteiger partial charge in [0.25, 0.3) is 5.91 Å². The molecular weight excluding hydrogens is 517 g/mol. The molecule has 2 aromatic heterocycles. The summed E-state index contributed by atoms with van der Waals surface area (Å²) in [6, 6.07) is 6.63. The van der Waals surface area contributed by atoms with E-state index in [1.54, 1.807) is 0 Å². The highest BCUT2D eigenvalue weighted by Gasteiger charge is 2.30. The van der Waals surface area contributed by atoms with Gasteiger partial charge in [-0.15, -0.1) is 0 Å². The lowest BCUT2D eigenvalue weighted by Gasteiger charge is -2.09. The number of amides is 1. The van der Waals surface area contributed by atoms with E-state index in [9.17, 15) is 22.8 Å². The van der Waals surface area contributed by atoms with Gasteiger partial charge in [-0.2, -0.15) is 13.2 Å². The number of anilines is 1. The number of halogens is 7. The number of carboxylic acid groups (broad SMARTS) is 1. The van der Waals surface area contributed by atoms with Gasteiger partial charge in [0.05, 0.1) is 26.7 Å². The first-order valence-corrected chi connectivity index (χ1v) is 9.73. The average Bonchev–Trinajstić information content (AvgIpc) is 2.67. The van der Waals surface area contributed by atoms with E-state index in [2.05, 4.69) is 15.3 Å². The van der Waals surface area contributed by atoms with Gasteiger partial charge in [0.1, 0.15) is 10.3 Å². The minimum Gasteiger partial charge on any atom is -0.478 e. The first-order valence-electron chi connectivity index (χ1n) is 8.22. The molecule has 0 spiro atoms. The van der Waals surface area contributed by atoms with Crippen LogP contribution in [-0.4, -0.2) is 27.0 Å². The van der Waals surface area contributed by atoms with Crippen LogP contribution >= 0.6 is 46.4 Å². The van der Waals surface area contributed by atoms with Gasteiger partial charge in [0.2, 0.25) is 0 Å². The second kappa shape index (κ2) is 10.8. The molecule has 3 aromatic rings. The van der Waals surface area contributed by atoms with E-state index in [0.717, 1.165) is 30.5 Å². The molecule has 1 amide bonds. The molecule has 0 bridgehead atoms. The van der Waals surface area contributed by atoms with Crippen LogP contribution in [0.15, 0.2) is 48.8 Å². The van der Waals surface area contributed by atoms with Crippen molar-refractivity contribution in [1.29, 1.82) is 0 Å². The predicted molar refractivity (Wildman–Crippen MR) is 115 cm³/mol. The summed E-state index contributed by atoms with van der Waals surface area (Å²) in [5, 5.41) is 11.4. The number of nitrogens with zero attached hydrogens (tertiary/aromatic N) is 2. The Balaban J connectivity index is 0.000000278. The van der Waals surface area contributed by atoms with E-state index in [4.69, 9.17) is 51.5 Å². The number of carbonyl (C=O) groups is 2. The van der Waals surface area contributed by atoms with Gasteiger partial charge in [-0.25, -0.2) is 14.8 Å². The molecule has 0 atom stereocenters. The summed E-state index contributed by atoms with van der Waals surface area (Å²) in [6.45, 7) is 0. The quantitative estimate of drug-likeness (QED) is 0.368. The molecule has 0 saturated carbocycles. The minimum absolute atomic E-state index is 0.0453. The standard InChI is InChI=1S/C13H7Cl2F3N2O.C6H3Cl2NO2/c14-10-5-11(15)19-6-9(10)12(21)20-8-3-1-7(2-4-8)13(16,17)18;7-4-1-5(8)9-2-3(4)6(10)11/h1-6H,(H,20,21);1-2H,(H,10,11). The number of hydrogen-bond acceptors (Lipinski definition) is 4. The topological polar surface area (TPSA) is 92.2 Å². The van der Waals surface area contributed by atoms with Crippen molar-refractivity contribution in [3.8, 4) is 0 Å². The van der Waals surface area contributed by atoms with E-state index < -0.39 is 23.6 Å². The van der Waals surface area contributed by atoms with E-state index in [0.29, 0.717) is 0 Å². The van der Waals surface area contributed by atoms with Crippen LogP contribution in [-0.2, 0) is 6.18 Å². The van der Waals surface area contributed by atoms with Gasteiger partial charge in [-0.1, -0.05) is 46.4 Å². The fourth-order valence-corrected chi connectivity index (χ4v) is 2.98. The van der Waals surface area contributed by atoms with Crippen LogP contribution in [0.4, 0.5) is 18.9 Å². The molecular formula is C19H10Cl4F3N3O3. The van der Waals surface area contributed by atoms with Crippen molar-refractivity contribution >= 4 is 64.0 Å². The van der Waals surface area contributed by atoms with Crippen molar-refractivity contribution in [1.82, 2.24) is 9.97 Å². The Morgan fingerprint density at radius 2 is 1.31 bits per heavy atom. The van der Waals surface area contributed by atoms with Crippen LogP contribution in [0.3, 0.4) is 0 Å². The molecule has 0 fully saturated rings. The Morgan fingerprint density at radius 3 is 1.72 bits per heavy atom. The van der Waals surface area contributed by atoms with Crippen LogP contribution in [0, 0.1) is 0 Å². The number of carboxylic acids is 1. The van der Waals surface area contributed by atoms with Crippen molar-refractivity contribution < 1.29 is 27.9 Å². The maximum Gasteiger partial charge on any atom is 0.416 e. The van der Waals surface area contributed by atoms with Gasteiger partial charge >= 0.3 is 12.1 Å². The van der Waals surface area contributed by atoms with Gasteiger partial charge in [-0.3, -0.25) is 4.79 Å². The first kappa shape index (κ1) is 25.7. The molecule has 0 radical (unpaired) electrons. The third-order valence-corrected chi connectivity index (χ3v) is 4.62. The Hall–Kier alpha value is -2.59. The first-order chi connectivity index (χ1) is 14.9. The monoisotopic (exact) mass is 525 g/mol. The van der Waals surface area contributed by atoms with Crippen LogP contribution in [0.5, 0.6) is 0 Å². The summed E-state index contributed by atoms with van der Waals surface area (Å²) in [6.07, 6.45) is -2.12. The SMILES string of the molecule is O=C(Nc1ccc(C(F)(F)F)cc1)c1cnc(Cl)cc1Cl.O=C(O)c1cnc(Cl)cc1Cl. The molecule has 0 unspecified atom stereocenters. The molecule has 13 heteroatoms. The van der Waals surface area contributed by atoms with E-state index in [-0.39, 0.29) is 37.2 Å². The summed E-state index contributed by atoms with van der Waals surface area (Å²) in [5.41, 5.74) is -0.567. The number of carbonyl (C=O) groups excluding carboxylic acids is 1. The lowest BCUT2D eigenvalue weighted by Crippen LogP contribution is -2.13. The van der Waals surface area contributed by atoms with Gasteiger partial charge in [0.15, 0.2) is 0 Å². The van der Waals surface area contributed by atoms with Crippen molar-refractivity contribution in [2.75, 3.05) is 5.32 Å². The number of hydrogen-bond donors (Lipinski definition) is 2. The summed E-state index contributed by atoms with van der Waals surface area (Å²) in [4.78, 5) is 29.6. The summed E-state index contributed by atoms with van der Waals surface area (Å²) in [5.74, 6) is -1.71. The summed E-state index contributed by atoms with van der Waals surface area (Å²) < 4.78 is 37.2. The fraction of sp³-hybridized carbons (Fsp3) is 0.0526. The number of aromatic carboxylic acids is 1. The zero-order valence-electron chi connectivity index (χ0n) is 15.4. The zero-order chi connectivity index (χ0) is 24.1. The van der Waals surface area contributed by atoms with Gasteiger partial charge in [-0.05, 0) is 36.4 Å². The van der Waals surface area contributed by atoms with Crippen LogP contribution < -0.4 is 5.32 Å². The third kappa shape index (κ3) is 7.23. The highest BCUT2D eigenvalue weighted by molar-refractivity contribution is 6.37. The molecule has 2 heterocycles. The number of aromatic nitrogens is 2. The lowest BCUT2D eigenvalue weighted by atomic mass is 10.2. The predicted octanol–water partition coefficient (Wildman–Crippen LogP) is 6.75. The molecule has 0 aliphatic rings. The Kier molecular flexibility index (Phi) is 8.68. The highest BCUT2D eigenvalue weighted by Crippen LogP contribution is 2.30. The molecule has 32 heavy (non-hydrogen) atoms. The number of pyridine rings is 2. The summed E-state index contributed by atoms with van der Waals surface area (Å²) >= 11 is 22.4. The molecule has 0 saturated heterocycles. The Bertz CT molecular complexity index is 1140. The number of alkyl halides is 3. The Labute approximate surface area is 198 Å². The van der Waals surface area contributed by atoms with Crippen molar-refractivity contribution in [3.05, 3.63) is 85.8 Å². The highest BCUT2D eigenvalue weighted by atomic mass is 35.5. The summed E-state index contributed by atoms with van der Waals surface area (Å²) in [7, 11) is 0. The molecule has 168 valence electrons. The largest absolute Gasteiger partial charge is 0.478 e. The molecule has 3 rings (SSSR count). The van der Waals surface area contributed by atoms with Crippen LogP contribution in [0.25, 0.3) is 0 Å². The molecule has 6 nitrogen and oxygen atoms in total. The zero-order valence-corrected chi connectivity index (χ0v) is 18.4. The second-order valence-electron chi connectivity index (χ2n) is 5.81. The maximum atomic E-state index is 12.4.